The fourth-order valence-electron chi connectivity index (χ4n) is 0.715. The van der Waals surface area contributed by atoms with Crippen LogP contribution in [-0.4, -0.2) is 19.9 Å². The van der Waals surface area contributed by atoms with Crippen molar-refractivity contribution in [3.8, 4) is 0 Å². The van der Waals surface area contributed by atoms with Gasteiger partial charge in [0, 0.05) is 0 Å². The second-order valence-electron chi connectivity index (χ2n) is 1.78. The molecule has 4 nitrogen and oxygen atoms in total. The van der Waals surface area contributed by atoms with E-state index in [2.05, 4.69) is 19.9 Å². The van der Waals surface area contributed by atoms with E-state index in [1.165, 1.54) is 0 Å². The predicted octanol–water partition coefficient (Wildman–Crippen LogP) is 1.43. The van der Waals surface area contributed by atoms with E-state index in [-0.39, 0.29) is 17.7 Å². The van der Waals surface area contributed by atoms with Crippen molar-refractivity contribution >= 4 is 35.2 Å². The predicted molar refractivity (Wildman–Crippen MR) is 43.9 cm³/mol. The van der Waals surface area contributed by atoms with Gasteiger partial charge in [-0.15, -0.1) is 12.4 Å². The molecular formula is C5H4Cl2N4. The van der Waals surface area contributed by atoms with E-state index >= 15 is 0 Å². The highest BCUT2D eigenvalue weighted by atomic mass is 35.5. The van der Waals surface area contributed by atoms with E-state index in [0.29, 0.717) is 5.65 Å². The molecule has 2 heterocycles. The zero-order valence-corrected chi connectivity index (χ0v) is 6.85. The summed E-state index contributed by atoms with van der Waals surface area (Å²) < 4.78 is 0. The topological polar surface area (TPSA) is 54.5 Å². The summed E-state index contributed by atoms with van der Waals surface area (Å²) in [7, 11) is 0. The Morgan fingerprint density at radius 2 is 2.18 bits per heavy atom. The van der Waals surface area contributed by atoms with E-state index in [4.69, 9.17) is 11.6 Å². The lowest BCUT2D eigenvalue weighted by Crippen LogP contribution is -1.81. The van der Waals surface area contributed by atoms with Crippen LogP contribution in [0.15, 0.2) is 12.5 Å². The van der Waals surface area contributed by atoms with Gasteiger partial charge in [-0.25, -0.2) is 9.97 Å². The Kier molecular flexibility index (Phi) is 2.26. The van der Waals surface area contributed by atoms with Crippen LogP contribution in [0.2, 0.25) is 5.28 Å². The monoisotopic (exact) mass is 190 g/mol. The molecular weight excluding hydrogens is 187 g/mol. The lowest BCUT2D eigenvalue weighted by atomic mass is 10.6. The minimum absolute atomic E-state index is 0. The van der Waals surface area contributed by atoms with Gasteiger partial charge in [0.15, 0.2) is 5.65 Å². The third-order valence-electron chi connectivity index (χ3n) is 1.15. The maximum Gasteiger partial charge on any atom is 0.224 e. The molecule has 0 aliphatic carbocycles. The van der Waals surface area contributed by atoms with Crippen LogP contribution in [0.4, 0.5) is 0 Å². The van der Waals surface area contributed by atoms with E-state index in [1.54, 1.807) is 12.5 Å². The Labute approximate surface area is 73.4 Å². The van der Waals surface area contributed by atoms with Crippen molar-refractivity contribution in [2.75, 3.05) is 0 Å². The molecule has 0 unspecified atom stereocenters. The van der Waals surface area contributed by atoms with Crippen molar-refractivity contribution in [2.24, 2.45) is 0 Å². The molecule has 0 radical (unpaired) electrons. The summed E-state index contributed by atoms with van der Waals surface area (Å²) in [6.07, 6.45) is 3.15. The number of fused-ring (bicyclic) bond motifs is 1. The second kappa shape index (κ2) is 3.02. The SMILES string of the molecule is Cl.Clc1ncc2[nH]cnc2n1. The van der Waals surface area contributed by atoms with Crippen molar-refractivity contribution in [3.05, 3.63) is 17.8 Å². The van der Waals surface area contributed by atoms with Gasteiger partial charge >= 0.3 is 0 Å². The van der Waals surface area contributed by atoms with Gasteiger partial charge in [0.05, 0.1) is 12.5 Å². The van der Waals surface area contributed by atoms with E-state index in [9.17, 15) is 0 Å². The summed E-state index contributed by atoms with van der Waals surface area (Å²) in [4.78, 5) is 14.4. The summed E-state index contributed by atoms with van der Waals surface area (Å²) in [6, 6.07) is 0. The fourth-order valence-corrected chi connectivity index (χ4v) is 0.844. The molecule has 0 atom stereocenters. The van der Waals surface area contributed by atoms with Crippen LogP contribution in [0.5, 0.6) is 0 Å². The zero-order chi connectivity index (χ0) is 6.97. The molecule has 0 saturated carbocycles. The normalized spacial score (nSPS) is 9.55. The van der Waals surface area contributed by atoms with Crippen molar-refractivity contribution in [2.45, 2.75) is 0 Å². The average Bonchev–Trinajstić information content (AvgIpc) is 2.33. The highest BCUT2D eigenvalue weighted by Crippen LogP contribution is 2.06. The smallest absolute Gasteiger partial charge is 0.224 e. The molecule has 2 aromatic heterocycles. The average molecular weight is 191 g/mol. The van der Waals surface area contributed by atoms with Gasteiger partial charge in [-0.1, -0.05) is 0 Å². The molecule has 0 aromatic carbocycles. The van der Waals surface area contributed by atoms with Gasteiger partial charge in [0.25, 0.3) is 0 Å². The number of aromatic nitrogens is 4. The first-order valence-corrected chi connectivity index (χ1v) is 3.06. The van der Waals surface area contributed by atoms with Crippen LogP contribution in [0, 0.1) is 0 Å². The summed E-state index contributed by atoms with van der Waals surface area (Å²) in [5.74, 6) is 0. The number of aromatic amines is 1. The van der Waals surface area contributed by atoms with Gasteiger partial charge in [0.1, 0.15) is 5.52 Å². The number of rotatable bonds is 0. The number of imidazole rings is 1. The Morgan fingerprint density at radius 3 is 3.00 bits per heavy atom. The molecule has 6 heteroatoms. The maximum absolute atomic E-state index is 5.50. The number of nitrogens with zero attached hydrogens (tertiary/aromatic N) is 3. The summed E-state index contributed by atoms with van der Waals surface area (Å²) in [6.45, 7) is 0. The third-order valence-corrected chi connectivity index (χ3v) is 1.33. The van der Waals surface area contributed by atoms with Crippen molar-refractivity contribution < 1.29 is 0 Å². The highest BCUT2D eigenvalue weighted by molar-refractivity contribution is 6.28. The summed E-state index contributed by atoms with van der Waals surface area (Å²) in [5.41, 5.74) is 1.39. The minimum atomic E-state index is 0. The largest absolute Gasteiger partial charge is 0.342 e. The van der Waals surface area contributed by atoms with Crippen LogP contribution in [0.1, 0.15) is 0 Å². The van der Waals surface area contributed by atoms with E-state index < -0.39 is 0 Å². The maximum atomic E-state index is 5.50. The number of hydrogen-bond acceptors (Lipinski definition) is 3. The molecule has 1 N–H and O–H groups in total. The molecule has 0 aliphatic heterocycles. The van der Waals surface area contributed by atoms with Crippen LogP contribution in [0.3, 0.4) is 0 Å². The molecule has 2 rings (SSSR count). The first kappa shape index (κ1) is 8.23. The number of nitrogens with one attached hydrogen (secondary N) is 1. The Balaban J connectivity index is 0.000000605. The zero-order valence-electron chi connectivity index (χ0n) is 5.28. The minimum Gasteiger partial charge on any atom is -0.342 e. The first-order valence-electron chi connectivity index (χ1n) is 2.68. The second-order valence-corrected chi connectivity index (χ2v) is 2.12. The van der Waals surface area contributed by atoms with Crippen LogP contribution < -0.4 is 0 Å². The van der Waals surface area contributed by atoms with Crippen molar-refractivity contribution in [1.82, 2.24) is 19.9 Å². The van der Waals surface area contributed by atoms with Gasteiger partial charge in [-0.05, 0) is 11.6 Å². The van der Waals surface area contributed by atoms with Crippen molar-refractivity contribution in [3.63, 3.8) is 0 Å². The summed E-state index contributed by atoms with van der Waals surface area (Å²) in [5, 5.41) is 0.222. The first-order chi connectivity index (χ1) is 4.86. The summed E-state index contributed by atoms with van der Waals surface area (Å²) >= 11 is 5.50. The lowest BCUT2D eigenvalue weighted by Gasteiger charge is -1.85. The van der Waals surface area contributed by atoms with E-state index in [1.807, 2.05) is 0 Å². The van der Waals surface area contributed by atoms with Gasteiger partial charge in [-0.3, -0.25) is 0 Å². The van der Waals surface area contributed by atoms with Crippen LogP contribution in [0.25, 0.3) is 11.2 Å². The van der Waals surface area contributed by atoms with Gasteiger partial charge in [0.2, 0.25) is 5.28 Å². The molecule has 0 aliphatic rings. The Morgan fingerprint density at radius 1 is 1.36 bits per heavy atom. The van der Waals surface area contributed by atoms with Crippen molar-refractivity contribution in [1.29, 1.82) is 0 Å². The molecule has 0 fully saturated rings. The number of H-pyrrole nitrogens is 1. The molecule has 0 spiro atoms. The lowest BCUT2D eigenvalue weighted by molar-refractivity contribution is 1.20. The molecule has 0 bridgehead atoms. The standard InChI is InChI=1S/C5H3ClN4.ClH/c6-5-7-1-3-4(10-5)9-2-8-3;/h1-2H,(H,7,8,9,10);1H. The fraction of sp³-hybridized carbons (Fsp3) is 0. The highest BCUT2D eigenvalue weighted by Gasteiger charge is 1.96. The van der Waals surface area contributed by atoms with Crippen LogP contribution in [-0.2, 0) is 0 Å². The molecule has 58 valence electrons. The Hall–Kier alpha value is -0.870. The molecule has 0 amide bonds. The quantitative estimate of drug-likeness (QED) is 0.640. The molecule has 11 heavy (non-hydrogen) atoms. The Bertz CT molecular complexity index is 358. The number of hydrogen-bond donors (Lipinski definition) is 1. The third kappa shape index (κ3) is 1.41. The van der Waals surface area contributed by atoms with E-state index in [0.717, 1.165) is 5.52 Å². The molecule has 2 aromatic rings. The van der Waals surface area contributed by atoms with Gasteiger partial charge in [-0.2, -0.15) is 4.98 Å². The number of halogens is 2. The molecule has 0 saturated heterocycles. The van der Waals surface area contributed by atoms with Gasteiger partial charge < -0.3 is 4.98 Å². The van der Waals surface area contributed by atoms with Crippen LogP contribution >= 0.6 is 24.0 Å².